The molecule has 0 amide bonds. The van der Waals surface area contributed by atoms with E-state index in [1.807, 2.05) is 55.6 Å². The van der Waals surface area contributed by atoms with Gasteiger partial charge in [-0.1, -0.05) is 27.7 Å². The fourth-order valence-corrected chi connectivity index (χ4v) is 12.2. The number of nitrogens with zero attached hydrogens (tertiary/aromatic N) is 1. The molecular formula is C44H87NO13Si2. The first-order valence-electron chi connectivity index (χ1n) is 22.4. The third-order valence-corrected chi connectivity index (χ3v) is 15.3. The van der Waals surface area contributed by atoms with Crippen LogP contribution >= 0.6 is 0 Å². The second-order valence-electron chi connectivity index (χ2n) is 21.3. The Kier molecular flexibility index (Phi) is 18.6. The van der Waals surface area contributed by atoms with Crippen molar-refractivity contribution in [2.24, 2.45) is 23.7 Å². The van der Waals surface area contributed by atoms with Crippen molar-refractivity contribution in [2.75, 3.05) is 28.3 Å². The van der Waals surface area contributed by atoms with E-state index < -0.39 is 118 Å². The zero-order valence-electron chi connectivity index (χ0n) is 40.9. The van der Waals surface area contributed by atoms with Gasteiger partial charge < -0.3 is 62.2 Å². The van der Waals surface area contributed by atoms with Gasteiger partial charge in [-0.25, -0.2) is 0 Å². The van der Waals surface area contributed by atoms with Gasteiger partial charge in [-0.15, -0.1) is 0 Å². The lowest BCUT2D eigenvalue weighted by molar-refractivity contribution is -0.316. The molecule has 0 aromatic heterocycles. The molecule has 3 heterocycles. The normalized spacial score (nSPS) is 45.9. The van der Waals surface area contributed by atoms with Gasteiger partial charge in [0.1, 0.15) is 17.8 Å². The largest absolute Gasteiger partial charge is 0.459 e. The topological polar surface area (TPSA) is 164 Å². The summed E-state index contributed by atoms with van der Waals surface area (Å²) in [5.74, 6) is -3.49. The number of hydrogen-bond acceptors (Lipinski definition) is 14. The average Bonchev–Trinajstić information content (AvgIpc) is 3.13. The van der Waals surface area contributed by atoms with Gasteiger partial charge in [0.2, 0.25) is 0 Å². The second-order valence-corrected chi connectivity index (χ2v) is 30.2. The molecule has 354 valence electrons. The summed E-state index contributed by atoms with van der Waals surface area (Å²) in [6.07, 6.45) is -7.02. The number of carbonyl (C=O) groups excluding carboxylic acids is 1. The van der Waals surface area contributed by atoms with Crippen molar-refractivity contribution in [3.05, 3.63) is 0 Å². The number of cyclic esters (lactones) is 1. The monoisotopic (exact) mass is 894 g/mol. The van der Waals surface area contributed by atoms with Gasteiger partial charge in [-0.3, -0.25) is 4.79 Å². The predicted octanol–water partition coefficient (Wildman–Crippen LogP) is 5.95. The molecule has 0 saturated carbocycles. The molecule has 0 aliphatic carbocycles. The number of esters is 1. The third kappa shape index (κ3) is 12.8. The van der Waals surface area contributed by atoms with Crippen molar-refractivity contribution in [3.8, 4) is 0 Å². The minimum Gasteiger partial charge on any atom is -0.459 e. The molecule has 0 radical (unpaired) electrons. The van der Waals surface area contributed by atoms with Crippen molar-refractivity contribution >= 4 is 22.6 Å². The number of rotatable bonds is 12. The molecule has 3 saturated heterocycles. The summed E-state index contributed by atoms with van der Waals surface area (Å²) < 4.78 is 59.3. The van der Waals surface area contributed by atoms with Gasteiger partial charge in [-0.05, 0) is 120 Å². The first-order chi connectivity index (χ1) is 27.4. The average molecular weight is 894 g/mol. The highest BCUT2D eigenvalue weighted by molar-refractivity contribution is 6.70. The maximum atomic E-state index is 14.6. The molecule has 19 atom stereocenters. The van der Waals surface area contributed by atoms with E-state index >= 15 is 0 Å². The van der Waals surface area contributed by atoms with Crippen molar-refractivity contribution in [2.45, 2.75) is 225 Å². The van der Waals surface area contributed by atoms with Gasteiger partial charge in [0.25, 0.3) is 0 Å². The van der Waals surface area contributed by atoms with Crippen LogP contribution in [-0.2, 0) is 46.8 Å². The van der Waals surface area contributed by atoms with Crippen LogP contribution in [0, 0.1) is 23.7 Å². The SMILES string of the molecule is CC[C@H]1OC(=O)[C@H](C)[C@@H](O[C@H]2C[C@@](C)(OC)[C@@H](O[Si](C)(C)C)[C@H](C)O2)[C@H](C)[C@@H](O[C@@H]2O[C@H](C)C[C@H](N(C)C)[C@H]2O[Si](C)(C)C)[C@](C)(O)C[C@@H](C)[C@H](O)[C@H](C)[C@@H](O)[C@]1(C)OC. The Morgan fingerprint density at radius 3 is 1.88 bits per heavy atom. The van der Waals surface area contributed by atoms with Crippen LogP contribution in [0.1, 0.15) is 94.9 Å². The summed E-state index contributed by atoms with van der Waals surface area (Å²) >= 11 is 0. The molecule has 0 bridgehead atoms. The molecule has 16 heteroatoms. The standard InChI is InChI=1S/C44H87NO13Si2/c1-21-32-44(10,51-14)37(47)27(4)34(46)25(2)23-42(8,49)38(56-41-36(57-59(15,16)17)31(45(11)12)22-26(3)52-41)28(5)35(29(6)40(48)54-32)55-33-24-43(9,50-13)39(30(7)53-33)58-60(18,19)20/h25-39,41,46-47,49H,21-24H2,1-20H3/t25-,26-,27+,28+,29-,30+,31+,32-,33+,34+,35+,36-,37-,38-,39+,41+,42-,43-,44-/m1/s1. The minimum atomic E-state index is -2.18. The molecule has 3 N–H and O–H groups in total. The van der Waals surface area contributed by atoms with E-state index in [1.165, 1.54) is 7.11 Å². The summed E-state index contributed by atoms with van der Waals surface area (Å²) in [6, 6.07) is -0.0514. The summed E-state index contributed by atoms with van der Waals surface area (Å²) in [7, 11) is 2.97. The van der Waals surface area contributed by atoms with Gasteiger partial charge in [0.05, 0.1) is 59.8 Å². The van der Waals surface area contributed by atoms with E-state index in [9.17, 15) is 20.1 Å². The van der Waals surface area contributed by atoms with Crippen molar-refractivity contribution in [3.63, 3.8) is 0 Å². The molecule has 0 aromatic carbocycles. The Morgan fingerprint density at radius 1 is 0.800 bits per heavy atom. The Morgan fingerprint density at radius 2 is 1.38 bits per heavy atom. The maximum Gasteiger partial charge on any atom is 0.311 e. The molecule has 3 aliphatic heterocycles. The zero-order chi connectivity index (χ0) is 46.1. The van der Waals surface area contributed by atoms with Crippen LogP contribution in [0.3, 0.4) is 0 Å². The number of likely N-dealkylation sites (N-methyl/N-ethyl adjacent to an activating group) is 1. The third-order valence-electron chi connectivity index (χ3n) is 13.4. The Hall–Kier alpha value is -0.576. The first-order valence-corrected chi connectivity index (χ1v) is 29.2. The fourth-order valence-electron chi connectivity index (χ4n) is 9.93. The van der Waals surface area contributed by atoms with Gasteiger partial charge in [0, 0.05) is 38.5 Å². The molecule has 3 fully saturated rings. The van der Waals surface area contributed by atoms with E-state index in [4.69, 9.17) is 42.0 Å². The second kappa shape index (κ2) is 20.7. The van der Waals surface area contributed by atoms with Gasteiger partial charge in [-0.2, -0.15) is 0 Å². The Bertz CT molecular complexity index is 1360. The highest BCUT2D eigenvalue weighted by Gasteiger charge is 2.55. The van der Waals surface area contributed by atoms with Crippen molar-refractivity contribution in [1.82, 2.24) is 4.90 Å². The quantitative estimate of drug-likeness (QED) is 0.156. The van der Waals surface area contributed by atoms with Crippen LogP contribution in [0.25, 0.3) is 0 Å². The fraction of sp³-hybridized carbons (Fsp3) is 0.977. The highest BCUT2D eigenvalue weighted by atomic mass is 28.4. The van der Waals surface area contributed by atoms with E-state index in [-0.39, 0.29) is 24.7 Å². The van der Waals surface area contributed by atoms with E-state index in [0.717, 1.165) is 0 Å². The van der Waals surface area contributed by atoms with Crippen LogP contribution in [0.5, 0.6) is 0 Å². The number of aliphatic hydroxyl groups is 3. The number of ether oxygens (including phenoxy) is 7. The minimum absolute atomic E-state index is 0.0514. The summed E-state index contributed by atoms with van der Waals surface area (Å²) in [5, 5.41) is 36.7. The van der Waals surface area contributed by atoms with Gasteiger partial charge >= 0.3 is 5.97 Å². The van der Waals surface area contributed by atoms with E-state index in [0.29, 0.717) is 19.3 Å². The first kappa shape index (κ1) is 53.8. The van der Waals surface area contributed by atoms with Crippen LogP contribution in [-0.4, -0.2) is 161 Å². The van der Waals surface area contributed by atoms with Crippen molar-refractivity contribution in [1.29, 1.82) is 0 Å². The van der Waals surface area contributed by atoms with Crippen LogP contribution < -0.4 is 0 Å². The predicted molar refractivity (Wildman–Crippen MR) is 236 cm³/mol. The molecule has 3 rings (SSSR count). The summed E-state index contributed by atoms with van der Waals surface area (Å²) in [5.41, 5.74) is -3.81. The molecular weight excluding hydrogens is 807 g/mol. The molecule has 0 spiro atoms. The smallest absolute Gasteiger partial charge is 0.311 e. The Labute approximate surface area is 365 Å². The zero-order valence-corrected chi connectivity index (χ0v) is 42.9. The highest BCUT2D eigenvalue weighted by Crippen LogP contribution is 2.43. The molecule has 3 aliphatic rings. The number of hydrogen-bond donors (Lipinski definition) is 3. The number of carbonyl (C=O) groups is 1. The summed E-state index contributed by atoms with van der Waals surface area (Å²) in [6.45, 7) is 31.2. The lowest BCUT2D eigenvalue weighted by atomic mass is 9.73. The lowest BCUT2D eigenvalue weighted by Crippen LogP contribution is -2.63. The van der Waals surface area contributed by atoms with Crippen LogP contribution in [0.4, 0.5) is 0 Å². The molecule has 60 heavy (non-hydrogen) atoms. The number of methoxy groups -OCH3 is 2. The Balaban J connectivity index is 2.27. The van der Waals surface area contributed by atoms with Gasteiger partial charge in [0.15, 0.2) is 29.2 Å². The molecule has 0 unspecified atom stereocenters. The van der Waals surface area contributed by atoms with Crippen LogP contribution in [0.15, 0.2) is 0 Å². The number of aliphatic hydroxyl groups excluding tert-OH is 2. The van der Waals surface area contributed by atoms with E-state index in [1.54, 1.807) is 34.8 Å². The van der Waals surface area contributed by atoms with E-state index in [2.05, 4.69) is 44.2 Å². The van der Waals surface area contributed by atoms with Crippen molar-refractivity contribution < 1.29 is 62.1 Å². The maximum absolute atomic E-state index is 14.6. The summed E-state index contributed by atoms with van der Waals surface area (Å²) in [4.78, 5) is 16.8. The molecule has 14 nitrogen and oxygen atoms in total. The lowest BCUT2D eigenvalue weighted by Gasteiger charge is -2.51. The van der Waals surface area contributed by atoms with Crippen LogP contribution in [0.2, 0.25) is 39.3 Å². The molecule has 0 aromatic rings.